The molecular weight excluding hydrogens is 744 g/mol. The lowest BCUT2D eigenvalue weighted by atomic mass is 10.0. The van der Waals surface area contributed by atoms with Crippen LogP contribution in [-0.2, 0) is 18.4 Å². The predicted molar refractivity (Wildman–Crippen MR) is 247 cm³/mol. The molecule has 340 valence electrons. The molecule has 0 aliphatic carbocycles. The van der Waals surface area contributed by atoms with Gasteiger partial charge in [0.25, 0.3) is 7.82 Å². The quantitative estimate of drug-likeness (QED) is 0.0208. The van der Waals surface area contributed by atoms with Crippen molar-refractivity contribution in [1.29, 1.82) is 0 Å². The molecule has 0 fully saturated rings. The van der Waals surface area contributed by atoms with Gasteiger partial charge in [0.05, 0.1) is 39.9 Å². The molecule has 1 amide bonds. The van der Waals surface area contributed by atoms with Crippen LogP contribution in [-0.4, -0.2) is 68.5 Å². The van der Waals surface area contributed by atoms with Crippen molar-refractivity contribution in [3.8, 4) is 0 Å². The average molecular weight is 837 g/mol. The summed E-state index contributed by atoms with van der Waals surface area (Å²) in [5.41, 5.74) is 0. The molecule has 0 rings (SSSR count). The highest BCUT2D eigenvalue weighted by Crippen LogP contribution is 2.38. The summed E-state index contributed by atoms with van der Waals surface area (Å²) in [7, 11) is 1.24. The molecule has 0 aliphatic rings. The summed E-state index contributed by atoms with van der Waals surface area (Å²) in [4.78, 5) is 25.3. The monoisotopic (exact) mass is 837 g/mol. The van der Waals surface area contributed by atoms with Gasteiger partial charge in [-0.25, -0.2) is 0 Å². The van der Waals surface area contributed by atoms with Crippen LogP contribution in [0, 0.1) is 0 Å². The maximum atomic E-state index is 12.9. The minimum atomic E-state index is -4.60. The Morgan fingerprint density at radius 3 is 1.53 bits per heavy atom. The summed E-state index contributed by atoms with van der Waals surface area (Å²) < 4.78 is 23.2. The van der Waals surface area contributed by atoms with E-state index in [9.17, 15) is 19.4 Å². The number of carbonyl (C=O) groups is 1. The highest BCUT2D eigenvalue weighted by molar-refractivity contribution is 7.45. The van der Waals surface area contributed by atoms with Crippen molar-refractivity contribution in [3.05, 3.63) is 48.6 Å². The van der Waals surface area contributed by atoms with Gasteiger partial charge in [0.1, 0.15) is 13.2 Å². The Hall–Kier alpha value is -1.54. The molecule has 0 saturated carbocycles. The summed E-state index contributed by atoms with van der Waals surface area (Å²) in [6, 6.07) is -0.905. The highest BCUT2D eigenvalue weighted by Gasteiger charge is 2.23. The molecule has 0 aromatic carbocycles. The number of carbonyl (C=O) groups excluding carboxylic acids is 1. The number of rotatable bonds is 43. The van der Waals surface area contributed by atoms with Gasteiger partial charge in [0.15, 0.2) is 0 Å². The number of allylic oxidation sites excluding steroid dienone is 7. The van der Waals surface area contributed by atoms with Crippen molar-refractivity contribution in [2.45, 2.75) is 219 Å². The van der Waals surface area contributed by atoms with E-state index in [1.54, 1.807) is 6.08 Å². The van der Waals surface area contributed by atoms with E-state index < -0.39 is 26.6 Å². The zero-order chi connectivity index (χ0) is 42.8. The van der Waals surface area contributed by atoms with Gasteiger partial charge in [-0.3, -0.25) is 9.36 Å². The van der Waals surface area contributed by atoms with Crippen molar-refractivity contribution in [2.24, 2.45) is 0 Å². The maximum Gasteiger partial charge on any atom is 0.268 e. The van der Waals surface area contributed by atoms with Crippen LogP contribution in [0.25, 0.3) is 0 Å². The normalized spacial score (nSPS) is 14.7. The molecule has 0 aromatic heterocycles. The standard InChI is InChI=1S/C49H93N2O6P/c1-6-8-10-12-14-16-18-20-22-24-25-27-29-31-33-35-37-39-41-43-49(53)50-47(46-57-58(54,55)56-45-44-51(3,4)5)48(52)42-40-38-36-34-32-30-28-26-23-21-19-17-15-13-11-9-7-2/h14,16,18,20,32,34,40,42,47-48,52H,6-13,15,17,19,21-31,33,35-39,41,43-46H2,1-5H3,(H-,50,53,54,55)/b16-14-,20-18-,34-32+,42-40+. The number of amides is 1. The first-order valence-electron chi connectivity index (χ1n) is 24.0. The highest BCUT2D eigenvalue weighted by atomic mass is 31.2. The molecule has 0 saturated heterocycles. The SMILES string of the molecule is CCCCC/C=C\C=C/CCCCCCCCCCCCC(=O)NC(COP(=O)([O-])OCC[N+](C)(C)C)C(O)/C=C/CC/C=C/CCCCCCCCCCCCC. The van der Waals surface area contributed by atoms with Crippen LogP contribution in [0.1, 0.15) is 206 Å². The summed E-state index contributed by atoms with van der Waals surface area (Å²) >= 11 is 0. The third kappa shape index (κ3) is 42.6. The number of aliphatic hydroxyl groups is 1. The fourth-order valence-corrected chi connectivity index (χ4v) is 7.41. The Kier molecular flexibility index (Phi) is 39.8. The second-order valence-electron chi connectivity index (χ2n) is 17.5. The van der Waals surface area contributed by atoms with E-state index in [0.29, 0.717) is 17.4 Å². The first-order chi connectivity index (χ1) is 28.0. The first kappa shape index (κ1) is 56.5. The summed E-state index contributed by atoms with van der Waals surface area (Å²) in [5, 5.41) is 13.8. The van der Waals surface area contributed by atoms with Crippen molar-refractivity contribution in [2.75, 3.05) is 40.9 Å². The number of quaternary nitrogens is 1. The molecule has 0 aliphatic heterocycles. The number of hydrogen-bond acceptors (Lipinski definition) is 6. The molecule has 0 radical (unpaired) electrons. The van der Waals surface area contributed by atoms with E-state index in [4.69, 9.17) is 9.05 Å². The number of phosphoric acid groups is 1. The van der Waals surface area contributed by atoms with Crippen LogP contribution < -0.4 is 10.2 Å². The summed E-state index contributed by atoms with van der Waals surface area (Å²) in [6.45, 7) is 4.60. The Labute approximate surface area is 359 Å². The number of unbranched alkanes of at least 4 members (excludes halogenated alkanes) is 25. The molecule has 8 nitrogen and oxygen atoms in total. The van der Waals surface area contributed by atoms with E-state index in [0.717, 1.165) is 38.5 Å². The van der Waals surface area contributed by atoms with Gasteiger partial charge in [-0.05, 0) is 57.8 Å². The fraction of sp³-hybridized carbons (Fsp3) is 0.816. The van der Waals surface area contributed by atoms with Crippen molar-refractivity contribution in [3.63, 3.8) is 0 Å². The second-order valence-corrected chi connectivity index (χ2v) is 18.9. The van der Waals surface area contributed by atoms with Gasteiger partial charge < -0.3 is 28.8 Å². The van der Waals surface area contributed by atoms with E-state index in [1.165, 1.54) is 148 Å². The third-order valence-electron chi connectivity index (χ3n) is 10.5. The second kappa shape index (κ2) is 40.8. The van der Waals surface area contributed by atoms with Crippen molar-refractivity contribution < 1.29 is 32.9 Å². The molecule has 9 heteroatoms. The van der Waals surface area contributed by atoms with Crippen molar-refractivity contribution in [1.82, 2.24) is 5.32 Å². The largest absolute Gasteiger partial charge is 0.756 e. The molecular formula is C49H93N2O6P. The van der Waals surface area contributed by atoms with Gasteiger partial charge in [-0.2, -0.15) is 0 Å². The molecule has 3 unspecified atom stereocenters. The summed E-state index contributed by atoms with van der Waals surface area (Å²) in [5.74, 6) is -0.212. The summed E-state index contributed by atoms with van der Waals surface area (Å²) in [6.07, 6.45) is 51.6. The number of hydrogen-bond donors (Lipinski definition) is 2. The Morgan fingerprint density at radius 1 is 0.603 bits per heavy atom. The van der Waals surface area contributed by atoms with E-state index in [2.05, 4.69) is 55.6 Å². The van der Waals surface area contributed by atoms with Crippen LogP contribution in [0.15, 0.2) is 48.6 Å². The van der Waals surface area contributed by atoms with Gasteiger partial charge >= 0.3 is 0 Å². The third-order valence-corrected chi connectivity index (χ3v) is 11.5. The minimum absolute atomic E-state index is 0.00801. The number of nitrogens with zero attached hydrogens (tertiary/aromatic N) is 1. The Balaban J connectivity index is 4.41. The lowest BCUT2D eigenvalue weighted by Crippen LogP contribution is -2.45. The minimum Gasteiger partial charge on any atom is -0.756 e. The first-order valence-corrected chi connectivity index (χ1v) is 25.5. The molecule has 0 bridgehead atoms. The van der Waals surface area contributed by atoms with E-state index >= 15 is 0 Å². The zero-order valence-electron chi connectivity index (χ0n) is 38.5. The Bertz CT molecular complexity index is 1090. The molecule has 0 heterocycles. The van der Waals surface area contributed by atoms with E-state index in [-0.39, 0.29) is 12.5 Å². The lowest BCUT2D eigenvalue weighted by molar-refractivity contribution is -0.870. The fourth-order valence-electron chi connectivity index (χ4n) is 6.69. The number of phosphoric ester groups is 1. The number of nitrogens with one attached hydrogen (secondary N) is 1. The molecule has 3 atom stereocenters. The van der Waals surface area contributed by atoms with Gasteiger partial charge in [0.2, 0.25) is 5.91 Å². The smallest absolute Gasteiger partial charge is 0.268 e. The average Bonchev–Trinajstić information content (AvgIpc) is 3.17. The molecule has 58 heavy (non-hydrogen) atoms. The lowest BCUT2D eigenvalue weighted by Gasteiger charge is -2.29. The zero-order valence-corrected chi connectivity index (χ0v) is 39.4. The van der Waals surface area contributed by atoms with Crippen LogP contribution in [0.3, 0.4) is 0 Å². The van der Waals surface area contributed by atoms with Crippen LogP contribution in [0.2, 0.25) is 0 Å². The van der Waals surface area contributed by atoms with Crippen LogP contribution in [0.5, 0.6) is 0 Å². The number of aliphatic hydroxyl groups excluding tert-OH is 1. The van der Waals surface area contributed by atoms with Gasteiger partial charge in [-0.15, -0.1) is 0 Å². The molecule has 2 N–H and O–H groups in total. The van der Waals surface area contributed by atoms with Gasteiger partial charge in [-0.1, -0.05) is 191 Å². The van der Waals surface area contributed by atoms with Gasteiger partial charge in [0, 0.05) is 6.42 Å². The van der Waals surface area contributed by atoms with Crippen molar-refractivity contribution >= 4 is 13.7 Å². The molecule has 0 aromatic rings. The van der Waals surface area contributed by atoms with Crippen LogP contribution >= 0.6 is 7.82 Å². The predicted octanol–water partition coefficient (Wildman–Crippen LogP) is 13.0. The molecule has 0 spiro atoms. The topological polar surface area (TPSA) is 108 Å². The van der Waals surface area contributed by atoms with E-state index in [1.807, 2.05) is 27.2 Å². The Morgan fingerprint density at radius 2 is 1.02 bits per heavy atom. The van der Waals surface area contributed by atoms with Crippen LogP contribution in [0.4, 0.5) is 0 Å². The maximum absolute atomic E-state index is 12.9. The number of likely N-dealkylation sites (N-methyl/N-ethyl adjacent to an activating group) is 1.